The molecule has 1 unspecified atom stereocenters. The van der Waals surface area contributed by atoms with Crippen molar-refractivity contribution in [2.45, 2.75) is 63.3 Å². The van der Waals surface area contributed by atoms with Gasteiger partial charge < -0.3 is 9.84 Å². The standard InChI is InChI=1S/C20H27N3O4S/c1-14-8-5-6-11-23(14)28(25,26)16-10-7-9-15(12-16)19(24)21-18-13-17(27-22-18)20(2,3)4/h7,9-10,12-14H,5-6,8,11H2,1-4H3,(H,21,22,24). The van der Waals surface area contributed by atoms with Gasteiger partial charge in [-0.25, -0.2) is 8.42 Å². The van der Waals surface area contributed by atoms with Crippen molar-refractivity contribution in [2.75, 3.05) is 11.9 Å². The number of carbonyl (C=O) groups is 1. The highest BCUT2D eigenvalue weighted by molar-refractivity contribution is 7.89. The monoisotopic (exact) mass is 405 g/mol. The highest BCUT2D eigenvalue weighted by Gasteiger charge is 2.31. The number of rotatable bonds is 4. The van der Waals surface area contributed by atoms with Crippen LogP contribution < -0.4 is 5.32 Å². The van der Waals surface area contributed by atoms with Crippen molar-refractivity contribution in [3.63, 3.8) is 0 Å². The number of hydrogen-bond donors (Lipinski definition) is 1. The van der Waals surface area contributed by atoms with Gasteiger partial charge in [-0.2, -0.15) is 4.31 Å². The predicted octanol–water partition coefficient (Wildman–Crippen LogP) is 3.79. The Morgan fingerprint density at radius 1 is 1.25 bits per heavy atom. The van der Waals surface area contributed by atoms with Crippen LogP contribution in [-0.2, 0) is 15.4 Å². The average molecular weight is 406 g/mol. The molecule has 1 aromatic heterocycles. The molecule has 1 aromatic carbocycles. The number of hydrogen-bond acceptors (Lipinski definition) is 5. The van der Waals surface area contributed by atoms with Crippen LogP contribution in [0, 0.1) is 0 Å². The zero-order valence-electron chi connectivity index (χ0n) is 16.7. The number of anilines is 1. The molecule has 1 fully saturated rings. The zero-order valence-corrected chi connectivity index (χ0v) is 17.5. The summed E-state index contributed by atoms with van der Waals surface area (Å²) in [4.78, 5) is 12.7. The first-order valence-corrected chi connectivity index (χ1v) is 10.9. The summed E-state index contributed by atoms with van der Waals surface area (Å²) in [7, 11) is -3.64. The Morgan fingerprint density at radius 3 is 2.64 bits per heavy atom. The number of nitrogens with zero attached hydrogens (tertiary/aromatic N) is 2. The molecule has 1 atom stereocenters. The Morgan fingerprint density at radius 2 is 2.00 bits per heavy atom. The van der Waals surface area contributed by atoms with Crippen LogP contribution in [0.1, 0.15) is 63.1 Å². The molecule has 3 rings (SSSR count). The number of nitrogens with one attached hydrogen (secondary N) is 1. The summed E-state index contributed by atoms with van der Waals surface area (Å²) in [5.41, 5.74) is 0.0285. The molecule has 8 heteroatoms. The molecular formula is C20H27N3O4S. The molecule has 1 saturated heterocycles. The van der Waals surface area contributed by atoms with Crippen molar-refractivity contribution >= 4 is 21.7 Å². The van der Waals surface area contributed by atoms with E-state index in [1.54, 1.807) is 18.2 Å². The maximum Gasteiger partial charge on any atom is 0.256 e. The molecule has 0 radical (unpaired) electrons. The van der Waals surface area contributed by atoms with Crippen LogP contribution in [-0.4, -0.2) is 36.4 Å². The molecule has 7 nitrogen and oxygen atoms in total. The molecule has 0 bridgehead atoms. The summed E-state index contributed by atoms with van der Waals surface area (Å²) in [5.74, 6) is 0.517. The normalized spacial score (nSPS) is 18.8. The van der Waals surface area contributed by atoms with Crippen LogP contribution in [0.25, 0.3) is 0 Å². The van der Waals surface area contributed by atoms with Gasteiger partial charge in [0.1, 0.15) is 5.76 Å². The number of aromatic nitrogens is 1. The van der Waals surface area contributed by atoms with Gasteiger partial charge in [-0.05, 0) is 38.0 Å². The minimum Gasteiger partial charge on any atom is -0.359 e. The molecular weight excluding hydrogens is 378 g/mol. The summed E-state index contributed by atoms with van der Waals surface area (Å²) in [6, 6.07) is 7.74. The SMILES string of the molecule is CC1CCCCN1S(=O)(=O)c1cccc(C(=O)Nc2cc(C(C)(C)C)on2)c1. The van der Waals surface area contributed by atoms with Crippen LogP contribution in [0.5, 0.6) is 0 Å². The van der Waals surface area contributed by atoms with E-state index in [0.717, 1.165) is 19.3 Å². The second kappa shape index (κ2) is 7.67. The summed E-state index contributed by atoms with van der Waals surface area (Å²) < 4.78 is 32.8. The van der Waals surface area contributed by atoms with E-state index in [1.165, 1.54) is 16.4 Å². The summed E-state index contributed by atoms with van der Waals surface area (Å²) in [6.07, 6.45) is 2.73. The molecule has 1 aliphatic rings. The van der Waals surface area contributed by atoms with Gasteiger partial charge in [-0.1, -0.05) is 38.4 Å². The van der Waals surface area contributed by atoms with E-state index in [9.17, 15) is 13.2 Å². The Balaban J connectivity index is 1.81. The topological polar surface area (TPSA) is 92.5 Å². The molecule has 1 aliphatic heterocycles. The van der Waals surface area contributed by atoms with Crippen molar-refractivity contribution in [3.05, 3.63) is 41.7 Å². The molecule has 0 saturated carbocycles. The van der Waals surface area contributed by atoms with E-state index in [2.05, 4.69) is 10.5 Å². The molecule has 1 N–H and O–H groups in total. The van der Waals surface area contributed by atoms with Crippen LogP contribution in [0.15, 0.2) is 39.8 Å². The fourth-order valence-corrected chi connectivity index (χ4v) is 4.98. The first-order valence-electron chi connectivity index (χ1n) is 9.49. The fourth-order valence-electron chi connectivity index (χ4n) is 3.24. The molecule has 0 aliphatic carbocycles. The highest BCUT2D eigenvalue weighted by atomic mass is 32.2. The Hall–Kier alpha value is -2.19. The lowest BCUT2D eigenvalue weighted by Crippen LogP contribution is -2.41. The van der Waals surface area contributed by atoms with E-state index < -0.39 is 15.9 Å². The van der Waals surface area contributed by atoms with Gasteiger partial charge in [0, 0.05) is 29.6 Å². The van der Waals surface area contributed by atoms with Gasteiger partial charge in [0.05, 0.1) is 4.90 Å². The van der Waals surface area contributed by atoms with E-state index in [-0.39, 0.29) is 21.9 Å². The second-order valence-corrected chi connectivity index (χ2v) is 10.2. The lowest BCUT2D eigenvalue weighted by molar-refractivity contribution is 0.102. The Labute approximate surface area is 166 Å². The van der Waals surface area contributed by atoms with Crippen LogP contribution in [0.2, 0.25) is 0 Å². The minimum atomic E-state index is -3.64. The van der Waals surface area contributed by atoms with E-state index in [0.29, 0.717) is 18.1 Å². The third-order valence-electron chi connectivity index (χ3n) is 4.94. The third-order valence-corrected chi connectivity index (χ3v) is 6.95. The molecule has 1 amide bonds. The molecule has 0 spiro atoms. The van der Waals surface area contributed by atoms with Crippen LogP contribution in [0.4, 0.5) is 5.82 Å². The van der Waals surface area contributed by atoms with Crippen molar-refractivity contribution in [3.8, 4) is 0 Å². The van der Waals surface area contributed by atoms with E-state index in [4.69, 9.17) is 4.52 Å². The van der Waals surface area contributed by atoms with Crippen LogP contribution in [0.3, 0.4) is 0 Å². The van der Waals surface area contributed by atoms with Crippen molar-refractivity contribution in [1.82, 2.24) is 9.46 Å². The zero-order chi connectivity index (χ0) is 20.5. The van der Waals surface area contributed by atoms with E-state index in [1.807, 2.05) is 27.7 Å². The number of benzene rings is 1. The maximum absolute atomic E-state index is 13.0. The largest absolute Gasteiger partial charge is 0.359 e. The number of amides is 1. The first kappa shape index (κ1) is 20.5. The van der Waals surface area contributed by atoms with Gasteiger partial charge in [-0.15, -0.1) is 0 Å². The third kappa shape index (κ3) is 4.28. The number of carbonyl (C=O) groups excluding carboxylic acids is 1. The lowest BCUT2D eigenvalue weighted by atomic mass is 9.93. The molecule has 28 heavy (non-hydrogen) atoms. The molecule has 2 heterocycles. The van der Waals surface area contributed by atoms with E-state index >= 15 is 0 Å². The van der Waals surface area contributed by atoms with Gasteiger partial charge in [0.15, 0.2) is 5.82 Å². The second-order valence-electron chi connectivity index (χ2n) is 8.27. The number of piperidine rings is 1. The smallest absolute Gasteiger partial charge is 0.256 e. The lowest BCUT2D eigenvalue weighted by Gasteiger charge is -2.32. The molecule has 152 valence electrons. The quantitative estimate of drug-likeness (QED) is 0.835. The summed E-state index contributed by atoms with van der Waals surface area (Å²) in [6.45, 7) is 8.37. The Bertz CT molecular complexity index is 960. The fraction of sp³-hybridized carbons (Fsp3) is 0.500. The first-order chi connectivity index (χ1) is 13.1. The summed E-state index contributed by atoms with van der Waals surface area (Å²) in [5, 5.41) is 6.53. The Kier molecular flexibility index (Phi) is 5.63. The average Bonchev–Trinajstić information content (AvgIpc) is 3.11. The van der Waals surface area contributed by atoms with Crippen molar-refractivity contribution in [2.24, 2.45) is 0 Å². The predicted molar refractivity (Wildman–Crippen MR) is 107 cm³/mol. The van der Waals surface area contributed by atoms with Crippen LogP contribution >= 0.6 is 0 Å². The van der Waals surface area contributed by atoms with Gasteiger partial charge in [-0.3, -0.25) is 4.79 Å². The van der Waals surface area contributed by atoms with Gasteiger partial charge >= 0.3 is 0 Å². The van der Waals surface area contributed by atoms with Crippen molar-refractivity contribution < 1.29 is 17.7 Å². The van der Waals surface area contributed by atoms with Crippen molar-refractivity contribution in [1.29, 1.82) is 0 Å². The number of sulfonamides is 1. The molecule has 2 aromatic rings. The maximum atomic E-state index is 13.0. The summed E-state index contributed by atoms with van der Waals surface area (Å²) >= 11 is 0. The minimum absolute atomic E-state index is 0.0396. The van der Waals surface area contributed by atoms with Gasteiger partial charge in [0.25, 0.3) is 5.91 Å². The van der Waals surface area contributed by atoms with Gasteiger partial charge in [0.2, 0.25) is 10.0 Å². The highest BCUT2D eigenvalue weighted by Crippen LogP contribution is 2.27.